The molecule has 2 heterocycles. The zero-order valence-electron chi connectivity index (χ0n) is 10.5. The van der Waals surface area contributed by atoms with E-state index in [2.05, 4.69) is 26.0 Å². The summed E-state index contributed by atoms with van der Waals surface area (Å²) in [5.74, 6) is -0.173. The monoisotopic (exact) mass is 270 g/mol. The van der Waals surface area contributed by atoms with Gasteiger partial charge in [-0.3, -0.25) is 4.79 Å². The average Bonchev–Trinajstić information content (AvgIpc) is 3.10. The molecular formula is C12H10N6O2. The first-order valence-corrected chi connectivity index (χ1v) is 5.80. The SMILES string of the molecule is Cc1cc(C(=O)Nc2ccc(-n3cnnn3)cc2)on1. The van der Waals surface area contributed by atoms with Crippen molar-refractivity contribution in [2.75, 3.05) is 5.32 Å². The van der Waals surface area contributed by atoms with Gasteiger partial charge in [-0.1, -0.05) is 5.16 Å². The molecule has 0 fully saturated rings. The third kappa shape index (κ3) is 2.39. The molecule has 8 heteroatoms. The first-order valence-electron chi connectivity index (χ1n) is 5.80. The minimum Gasteiger partial charge on any atom is -0.351 e. The maximum Gasteiger partial charge on any atom is 0.294 e. The lowest BCUT2D eigenvalue weighted by Gasteiger charge is -2.04. The summed E-state index contributed by atoms with van der Waals surface area (Å²) in [6.07, 6.45) is 1.49. The third-order valence-corrected chi connectivity index (χ3v) is 2.59. The number of benzene rings is 1. The van der Waals surface area contributed by atoms with Gasteiger partial charge in [-0.05, 0) is 41.6 Å². The lowest BCUT2D eigenvalue weighted by molar-refractivity contribution is 0.0988. The molecule has 0 aliphatic carbocycles. The van der Waals surface area contributed by atoms with E-state index in [1.54, 1.807) is 37.3 Å². The molecule has 0 aliphatic rings. The van der Waals surface area contributed by atoms with E-state index in [4.69, 9.17) is 4.52 Å². The summed E-state index contributed by atoms with van der Waals surface area (Å²) in [5, 5.41) is 17.3. The Bertz CT molecular complexity index is 717. The van der Waals surface area contributed by atoms with Crippen LogP contribution in [0.2, 0.25) is 0 Å². The molecule has 0 saturated heterocycles. The molecule has 20 heavy (non-hydrogen) atoms. The van der Waals surface area contributed by atoms with Crippen molar-refractivity contribution in [1.82, 2.24) is 25.4 Å². The number of tetrazole rings is 1. The van der Waals surface area contributed by atoms with Crippen LogP contribution in [-0.4, -0.2) is 31.3 Å². The fraction of sp³-hybridized carbons (Fsp3) is 0.0833. The molecule has 8 nitrogen and oxygen atoms in total. The molecule has 1 amide bonds. The number of nitrogens with one attached hydrogen (secondary N) is 1. The van der Waals surface area contributed by atoms with Gasteiger partial charge in [0.1, 0.15) is 6.33 Å². The number of carbonyl (C=O) groups excluding carboxylic acids is 1. The van der Waals surface area contributed by atoms with Crippen LogP contribution in [0.1, 0.15) is 16.2 Å². The number of nitrogens with zero attached hydrogens (tertiary/aromatic N) is 5. The fourth-order valence-corrected chi connectivity index (χ4v) is 1.64. The van der Waals surface area contributed by atoms with Gasteiger partial charge in [-0.25, -0.2) is 4.68 Å². The van der Waals surface area contributed by atoms with E-state index in [9.17, 15) is 4.79 Å². The Kier molecular flexibility index (Phi) is 2.96. The molecule has 0 radical (unpaired) electrons. The minimum atomic E-state index is -0.347. The lowest BCUT2D eigenvalue weighted by atomic mass is 10.2. The zero-order valence-corrected chi connectivity index (χ0v) is 10.5. The highest BCUT2D eigenvalue weighted by Gasteiger charge is 2.11. The van der Waals surface area contributed by atoms with Gasteiger partial charge in [-0.15, -0.1) is 5.10 Å². The molecule has 0 unspecified atom stereocenters. The van der Waals surface area contributed by atoms with Gasteiger partial charge < -0.3 is 9.84 Å². The molecule has 0 saturated carbocycles. The normalized spacial score (nSPS) is 10.4. The van der Waals surface area contributed by atoms with E-state index in [0.29, 0.717) is 11.4 Å². The van der Waals surface area contributed by atoms with Crippen LogP contribution < -0.4 is 5.32 Å². The first-order chi connectivity index (χ1) is 9.72. The molecule has 1 N–H and O–H groups in total. The first kappa shape index (κ1) is 12.0. The number of amides is 1. The Morgan fingerprint density at radius 3 is 2.70 bits per heavy atom. The van der Waals surface area contributed by atoms with Crippen LogP contribution in [-0.2, 0) is 0 Å². The third-order valence-electron chi connectivity index (χ3n) is 2.59. The summed E-state index contributed by atoms with van der Waals surface area (Å²) < 4.78 is 6.41. The van der Waals surface area contributed by atoms with E-state index in [-0.39, 0.29) is 11.7 Å². The van der Waals surface area contributed by atoms with E-state index in [1.165, 1.54) is 11.0 Å². The quantitative estimate of drug-likeness (QED) is 0.768. The Morgan fingerprint density at radius 2 is 2.10 bits per heavy atom. The van der Waals surface area contributed by atoms with Gasteiger partial charge >= 0.3 is 0 Å². The summed E-state index contributed by atoms with van der Waals surface area (Å²) in [7, 11) is 0. The van der Waals surface area contributed by atoms with Crippen molar-refractivity contribution in [3.05, 3.63) is 48.1 Å². The summed E-state index contributed by atoms with van der Waals surface area (Å²) >= 11 is 0. The van der Waals surface area contributed by atoms with Gasteiger partial charge in [0.05, 0.1) is 11.4 Å². The highest BCUT2D eigenvalue weighted by Crippen LogP contribution is 2.13. The molecule has 3 rings (SSSR count). The van der Waals surface area contributed by atoms with Crippen LogP contribution in [0.4, 0.5) is 5.69 Å². The second-order valence-corrected chi connectivity index (χ2v) is 4.09. The second-order valence-electron chi connectivity index (χ2n) is 4.09. The number of aryl methyl sites for hydroxylation is 1. The minimum absolute atomic E-state index is 0.173. The molecule has 0 aliphatic heterocycles. The standard InChI is InChI=1S/C12H10N6O2/c1-8-6-11(20-15-8)12(19)14-9-2-4-10(5-3-9)18-7-13-16-17-18/h2-7H,1H3,(H,14,19). The molecule has 1 aromatic carbocycles. The highest BCUT2D eigenvalue weighted by atomic mass is 16.5. The van der Waals surface area contributed by atoms with Crippen molar-refractivity contribution < 1.29 is 9.32 Å². The van der Waals surface area contributed by atoms with Crippen molar-refractivity contribution in [1.29, 1.82) is 0 Å². The van der Waals surface area contributed by atoms with Gasteiger partial charge in [-0.2, -0.15) is 0 Å². The summed E-state index contributed by atoms with van der Waals surface area (Å²) in [6.45, 7) is 1.75. The molecular weight excluding hydrogens is 260 g/mol. The Balaban J connectivity index is 1.74. The van der Waals surface area contributed by atoms with Crippen LogP contribution in [0.3, 0.4) is 0 Å². The van der Waals surface area contributed by atoms with E-state index in [1.807, 2.05) is 0 Å². The number of hydrogen-bond donors (Lipinski definition) is 1. The molecule has 0 spiro atoms. The van der Waals surface area contributed by atoms with Gasteiger partial charge in [0.25, 0.3) is 5.91 Å². The molecule has 0 bridgehead atoms. The van der Waals surface area contributed by atoms with Gasteiger partial charge in [0, 0.05) is 11.8 Å². The predicted molar refractivity (Wildman–Crippen MR) is 68.3 cm³/mol. The largest absolute Gasteiger partial charge is 0.351 e. The number of anilines is 1. The number of aromatic nitrogens is 5. The molecule has 2 aromatic heterocycles. The smallest absolute Gasteiger partial charge is 0.294 e. The van der Waals surface area contributed by atoms with E-state index in [0.717, 1.165) is 5.69 Å². The molecule has 100 valence electrons. The topological polar surface area (TPSA) is 98.7 Å². The average molecular weight is 270 g/mol. The van der Waals surface area contributed by atoms with Crippen molar-refractivity contribution in [3.8, 4) is 5.69 Å². The van der Waals surface area contributed by atoms with Gasteiger partial charge in [0.15, 0.2) is 0 Å². The van der Waals surface area contributed by atoms with Crippen LogP contribution in [0.25, 0.3) is 5.69 Å². The van der Waals surface area contributed by atoms with Crippen LogP contribution >= 0.6 is 0 Å². The Labute approximate surface area is 113 Å². The van der Waals surface area contributed by atoms with Gasteiger partial charge in [0.2, 0.25) is 5.76 Å². The predicted octanol–water partition coefficient (Wildman–Crippen LogP) is 1.21. The zero-order chi connectivity index (χ0) is 13.9. The molecule has 0 atom stereocenters. The van der Waals surface area contributed by atoms with Crippen molar-refractivity contribution in [3.63, 3.8) is 0 Å². The summed E-state index contributed by atoms with van der Waals surface area (Å²) in [6, 6.07) is 8.65. The van der Waals surface area contributed by atoms with Crippen LogP contribution in [0, 0.1) is 6.92 Å². The van der Waals surface area contributed by atoms with Crippen molar-refractivity contribution in [2.45, 2.75) is 6.92 Å². The Morgan fingerprint density at radius 1 is 1.30 bits per heavy atom. The summed E-state index contributed by atoms with van der Waals surface area (Å²) in [4.78, 5) is 11.9. The van der Waals surface area contributed by atoms with Crippen molar-refractivity contribution in [2.24, 2.45) is 0 Å². The number of hydrogen-bond acceptors (Lipinski definition) is 6. The van der Waals surface area contributed by atoms with Crippen LogP contribution in [0.15, 0.2) is 41.2 Å². The number of carbonyl (C=O) groups is 1. The van der Waals surface area contributed by atoms with E-state index >= 15 is 0 Å². The maximum atomic E-state index is 11.9. The number of rotatable bonds is 3. The maximum absolute atomic E-state index is 11.9. The van der Waals surface area contributed by atoms with Crippen LogP contribution in [0.5, 0.6) is 0 Å². The molecule has 3 aromatic rings. The van der Waals surface area contributed by atoms with Crippen molar-refractivity contribution >= 4 is 11.6 Å². The highest BCUT2D eigenvalue weighted by molar-refractivity contribution is 6.02. The Hall–Kier alpha value is -3.03. The lowest BCUT2D eigenvalue weighted by Crippen LogP contribution is -2.10. The second kappa shape index (κ2) is 4.92. The fourth-order valence-electron chi connectivity index (χ4n) is 1.64. The summed E-state index contributed by atoms with van der Waals surface area (Å²) in [5.41, 5.74) is 2.09. The van der Waals surface area contributed by atoms with E-state index < -0.39 is 0 Å².